The van der Waals surface area contributed by atoms with Gasteiger partial charge < -0.3 is 9.88 Å². The zero-order valence-corrected chi connectivity index (χ0v) is 13.7. The van der Waals surface area contributed by atoms with Crippen LogP contribution in [0.3, 0.4) is 0 Å². The van der Waals surface area contributed by atoms with E-state index >= 15 is 0 Å². The van der Waals surface area contributed by atoms with Crippen LogP contribution in [-0.4, -0.2) is 27.7 Å². The standard InChI is InChI=1S/C15H23ClN2O2/c1-8(2)17-15(20)12(6)18-9(3)7-13(11(18)5)14(19)10(4)16/h7-8,10,12H,1-6H3,(H,17,20). The molecule has 5 heteroatoms. The number of Topliss-reactive ketones (excluding diaryl/α,β-unsaturated/α-hetero) is 1. The third-order valence-electron chi connectivity index (χ3n) is 3.31. The summed E-state index contributed by atoms with van der Waals surface area (Å²) in [6, 6.07) is 1.53. The zero-order chi connectivity index (χ0) is 15.6. The summed E-state index contributed by atoms with van der Waals surface area (Å²) in [6.45, 7) is 11.1. The first-order chi connectivity index (χ1) is 9.16. The van der Waals surface area contributed by atoms with Crippen LogP contribution >= 0.6 is 11.6 Å². The van der Waals surface area contributed by atoms with E-state index in [-0.39, 0.29) is 23.8 Å². The summed E-state index contributed by atoms with van der Waals surface area (Å²) in [7, 11) is 0. The zero-order valence-electron chi connectivity index (χ0n) is 13.0. The number of alkyl halides is 1. The molecule has 0 radical (unpaired) electrons. The van der Waals surface area contributed by atoms with Crippen molar-refractivity contribution in [3.63, 3.8) is 0 Å². The van der Waals surface area contributed by atoms with Gasteiger partial charge in [0.1, 0.15) is 6.04 Å². The van der Waals surface area contributed by atoms with E-state index in [9.17, 15) is 9.59 Å². The molecule has 0 bridgehead atoms. The fourth-order valence-electron chi connectivity index (χ4n) is 2.36. The highest BCUT2D eigenvalue weighted by molar-refractivity contribution is 6.33. The summed E-state index contributed by atoms with van der Waals surface area (Å²) in [4.78, 5) is 24.2. The molecular weight excluding hydrogens is 276 g/mol. The van der Waals surface area contributed by atoms with Gasteiger partial charge in [-0.1, -0.05) is 0 Å². The number of carbonyl (C=O) groups is 2. The van der Waals surface area contributed by atoms with Gasteiger partial charge in [0.15, 0.2) is 5.78 Å². The highest BCUT2D eigenvalue weighted by Crippen LogP contribution is 2.22. The molecule has 4 nitrogen and oxygen atoms in total. The molecule has 1 N–H and O–H groups in total. The molecule has 0 aliphatic heterocycles. The molecule has 0 aliphatic carbocycles. The van der Waals surface area contributed by atoms with Crippen molar-refractivity contribution in [1.82, 2.24) is 9.88 Å². The Morgan fingerprint density at radius 2 is 1.75 bits per heavy atom. The monoisotopic (exact) mass is 298 g/mol. The lowest BCUT2D eigenvalue weighted by atomic mass is 10.1. The summed E-state index contributed by atoms with van der Waals surface area (Å²) in [5.74, 6) is -0.165. The number of hydrogen-bond donors (Lipinski definition) is 1. The highest BCUT2D eigenvalue weighted by Gasteiger charge is 2.24. The summed E-state index contributed by atoms with van der Waals surface area (Å²) in [6.07, 6.45) is 0. The lowest BCUT2D eigenvalue weighted by Crippen LogP contribution is -2.36. The molecule has 0 fully saturated rings. The lowest BCUT2D eigenvalue weighted by Gasteiger charge is -2.19. The van der Waals surface area contributed by atoms with Gasteiger partial charge in [-0.15, -0.1) is 11.6 Å². The van der Waals surface area contributed by atoms with Gasteiger partial charge in [-0.05, 0) is 47.6 Å². The average Bonchev–Trinajstić information content (AvgIpc) is 2.62. The van der Waals surface area contributed by atoms with Crippen LogP contribution < -0.4 is 5.32 Å². The molecule has 20 heavy (non-hydrogen) atoms. The fourth-order valence-corrected chi connectivity index (χ4v) is 2.48. The van der Waals surface area contributed by atoms with Crippen LogP contribution in [0, 0.1) is 13.8 Å². The second kappa shape index (κ2) is 6.44. The average molecular weight is 299 g/mol. The van der Waals surface area contributed by atoms with Gasteiger partial charge in [-0.3, -0.25) is 9.59 Å². The molecule has 0 aliphatic rings. The van der Waals surface area contributed by atoms with E-state index in [1.54, 1.807) is 13.0 Å². The fraction of sp³-hybridized carbons (Fsp3) is 0.600. The Bertz CT molecular complexity index is 518. The number of carbonyl (C=O) groups excluding carboxylic acids is 2. The Kier molecular flexibility index (Phi) is 5.40. The largest absolute Gasteiger partial charge is 0.352 e. The van der Waals surface area contributed by atoms with Gasteiger partial charge in [0.25, 0.3) is 0 Å². The van der Waals surface area contributed by atoms with Crippen LogP contribution in [0.15, 0.2) is 6.07 Å². The molecule has 0 saturated heterocycles. The summed E-state index contributed by atoms with van der Waals surface area (Å²) >= 11 is 5.87. The van der Waals surface area contributed by atoms with Crippen molar-refractivity contribution >= 4 is 23.3 Å². The van der Waals surface area contributed by atoms with E-state index in [1.807, 2.05) is 39.2 Å². The number of halogens is 1. The minimum absolute atomic E-state index is 0.0558. The van der Waals surface area contributed by atoms with E-state index in [0.717, 1.165) is 11.4 Å². The lowest BCUT2D eigenvalue weighted by molar-refractivity contribution is -0.124. The molecule has 0 aromatic carbocycles. The maximum absolute atomic E-state index is 12.1. The number of aryl methyl sites for hydroxylation is 1. The Balaban J connectivity index is 3.14. The van der Waals surface area contributed by atoms with Crippen LogP contribution in [0.2, 0.25) is 0 Å². The van der Waals surface area contributed by atoms with Crippen molar-refractivity contribution in [2.75, 3.05) is 0 Å². The molecule has 1 aromatic rings. The quantitative estimate of drug-likeness (QED) is 0.671. The SMILES string of the molecule is Cc1cc(C(=O)C(C)Cl)c(C)n1C(C)C(=O)NC(C)C. The molecule has 1 rings (SSSR count). The molecular formula is C15H23ClN2O2. The molecule has 2 atom stereocenters. The molecule has 1 amide bonds. The summed E-state index contributed by atoms with van der Waals surface area (Å²) < 4.78 is 1.88. The predicted molar refractivity (Wildman–Crippen MR) is 81.5 cm³/mol. The highest BCUT2D eigenvalue weighted by atomic mass is 35.5. The molecule has 2 unspecified atom stereocenters. The Labute approximate surface area is 125 Å². The summed E-state index contributed by atoms with van der Waals surface area (Å²) in [5, 5.41) is 2.32. The Morgan fingerprint density at radius 3 is 2.20 bits per heavy atom. The number of nitrogens with zero attached hydrogens (tertiary/aromatic N) is 1. The molecule has 112 valence electrons. The minimum atomic E-state index is -0.566. The maximum atomic E-state index is 12.1. The number of amides is 1. The first-order valence-corrected chi connectivity index (χ1v) is 7.27. The third kappa shape index (κ3) is 3.42. The normalized spacial score (nSPS) is 14.2. The Hall–Kier alpha value is -1.29. The van der Waals surface area contributed by atoms with Crippen molar-refractivity contribution in [1.29, 1.82) is 0 Å². The first kappa shape index (κ1) is 16.8. The van der Waals surface area contributed by atoms with Crippen LogP contribution in [0.4, 0.5) is 0 Å². The molecule has 1 aromatic heterocycles. The van der Waals surface area contributed by atoms with Gasteiger partial charge in [0.2, 0.25) is 5.91 Å². The van der Waals surface area contributed by atoms with Crippen molar-refractivity contribution < 1.29 is 9.59 Å². The first-order valence-electron chi connectivity index (χ1n) is 6.83. The molecule has 0 spiro atoms. The van der Waals surface area contributed by atoms with Crippen LogP contribution in [0.25, 0.3) is 0 Å². The number of ketones is 1. The smallest absolute Gasteiger partial charge is 0.242 e. The van der Waals surface area contributed by atoms with Gasteiger partial charge >= 0.3 is 0 Å². The van der Waals surface area contributed by atoms with E-state index in [2.05, 4.69) is 5.32 Å². The van der Waals surface area contributed by atoms with Crippen molar-refractivity contribution in [2.24, 2.45) is 0 Å². The van der Waals surface area contributed by atoms with E-state index in [4.69, 9.17) is 11.6 Å². The second-order valence-electron chi connectivity index (χ2n) is 5.47. The van der Waals surface area contributed by atoms with Crippen LogP contribution in [0.1, 0.15) is 55.5 Å². The molecule has 0 saturated carbocycles. The minimum Gasteiger partial charge on any atom is -0.352 e. The Morgan fingerprint density at radius 1 is 1.20 bits per heavy atom. The van der Waals surface area contributed by atoms with Crippen molar-refractivity contribution in [3.05, 3.63) is 23.0 Å². The maximum Gasteiger partial charge on any atom is 0.242 e. The second-order valence-corrected chi connectivity index (χ2v) is 6.13. The van der Waals surface area contributed by atoms with Crippen LogP contribution in [-0.2, 0) is 4.79 Å². The van der Waals surface area contributed by atoms with Crippen LogP contribution in [0.5, 0.6) is 0 Å². The summed E-state index contributed by atoms with van der Waals surface area (Å²) in [5.41, 5.74) is 2.26. The van der Waals surface area contributed by atoms with Gasteiger partial charge in [-0.25, -0.2) is 0 Å². The molecule has 1 heterocycles. The topological polar surface area (TPSA) is 51.1 Å². The van der Waals surface area contributed by atoms with Gasteiger partial charge in [0.05, 0.1) is 5.38 Å². The van der Waals surface area contributed by atoms with Gasteiger partial charge in [-0.2, -0.15) is 0 Å². The van der Waals surface area contributed by atoms with Gasteiger partial charge in [0, 0.05) is 23.0 Å². The van der Waals surface area contributed by atoms with E-state index in [0.29, 0.717) is 5.56 Å². The van der Waals surface area contributed by atoms with Crippen molar-refractivity contribution in [3.8, 4) is 0 Å². The van der Waals surface area contributed by atoms with E-state index in [1.165, 1.54) is 0 Å². The predicted octanol–water partition coefficient (Wildman–Crippen LogP) is 3.00. The number of rotatable bonds is 5. The van der Waals surface area contributed by atoms with Crippen molar-refractivity contribution in [2.45, 2.75) is 59.0 Å². The number of nitrogens with one attached hydrogen (secondary N) is 1. The number of aromatic nitrogens is 1. The number of hydrogen-bond acceptors (Lipinski definition) is 2. The third-order valence-corrected chi connectivity index (χ3v) is 3.51. The van der Waals surface area contributed by atoms with E-state index < -0.39 is 5.38 Å².